The molecule has 0 saturated carbocycles. The van der Waals surface area contributed by atoms with E-state index in [0.29, 0.717) is 5.56 Å². The second-order valence-corrected chi connectivity index (χ2v) is 4.13. The predicted molar refractivity (Wildman–Crippen MR) is 69.2 cm³/mol. The Morgan fingerprint density at radius 1 is 1.25 bits per heavy atom. The number of ketones is 1. The number of esters is 1. The maximum atomic E-state index is 12.9. The number of carbonyl (C=O) groups is 3. The van der Waals surface area contributed by atoms with Crippen molar-refractivity contribution < 1.29 is 23.5 Å². The van der Waals surface area contributed by atoms with Gasteiger partial charge in [0.05, 0.1) is 6.61 Å². The molecule has 0 bridgehead atoms. The summed E-state index contributed by atoms with van der Waals surface area (Å²) < 4.78 is 17.6. The second-order valence-electron chi connectivity index (χ2n) is 4.13. The van der Waals surface area contributed by atoms with Gasteiger partial charge in [-0.05, 0) is 24.6 Å². The molecule has 0 aliphatic rings. The largest absolute Gasteiger partial charge is 0.466 e. The van der Waals surface area contributed by atoms with Crippen LogP contribution < -0.4 is 5.32 Å². The first kappa shape index (κ1) is 15.8. The van der Waals surface area contributed by atoms with Crippen molar-refractivity contribution in [2.75, 3.05) is 6.61 Å². The van der Waals surface area contributed by atoms with Gasteiger partial charge in [-0.2, -0.15) is 0 Å². The van der Waals surface area contributed by atoms with E-state index in [0.717, 1.165) is 0 Å². The van der Waals surface area contributed by atoms with Gasteiger partial charge in [-0.1, -0.05) is 12.1 Å². The van der Waals surface area contributed by atoms with Crippen LogP contribution in [0.3, 0.4) is 0 Å². The molecule has 0 aliphatic heterocycles. The standard InChI is InChI=1S/C14H16FNO4/c1-3-20-13(19)8-12(18)14(16-9(2)17)10-4-6-11(15)7-5-10/h4-7,14H,3,8H2,1-2H3,(H,16,17). The van der Waals surface area contributed by atoms with Crippen molar-refractivity contribution in [3.8, 4) is 0 Å². The van der Waals surface area contributed by atoms with Crippen LogP contribution in [0.2, 0.25) is 0 Å². The number of benzene rings is 1. The van der Waals surface area contributed by atoms with Crippen LogP contribution in [-0.2, 0) is 19.1 Å². The van der Waals surface area contributed by atoms with E-state index >= 15 is 0 Å². The molecule has 1 aromatic carbocycles. The molecule has 1 N–H and O–H groups in total. The van der Waals surface area contributed by atoms with Crippen LogP contribution in [0.15, 0.2) is 24.3 Å². The summed E-state index contributed by atoms with van der Waals surface area (Å²) in [5, 5.41) is 2.44. The lowest BCUT2D eigenvalue weighted by Gasteiger charge is -2.16. The van der Waals surface area contributed by atoms with Crippen LogP contribution in [0.1, 0.15) is 31.9 Å². The maximum absolute atomic E-state index is 12.9. The van der Waals surface area contributed by atoms with Gasteiger partial charge in [0.1, 0.15) is 18.3 Å². The number of carbonyl (C=O) groups excluding carboxylic acids is 3. The first-order valence-electron chi connectivity index (χ1n) is 6.15. The smallest absolute Gasteiger partial charge is 0.313 e. The molecule has 0 radical (unpaired) electrons. The van der Waals surface area contributed by atoms with Crippen LogP contribution in [0, 0.1) is 5.82 Å². The summed E-state index contributed by atoms with van der Waals surface area (Å²) in [6, 6.07) is 4.15. The van der Waals surface area contributed by atoms with Gasteiger partial charge >= 0.3 is 5.97 Å². The summed E-state index contributed by atoms with van der Waals surface area (Å²) in [6.07, 6.45) is -0.448. The van der Waals surface area contributed by atoms with Crippen LogP contribution in [-0.4, -0.2) is 24.3 Å². The molecule has 1 amide bonds. The van der Waals surface area contributed by atoms with Gasteiger partial charge in [0.2, 0.25) is 5.91 Å². The molecule has 0 aromatic heterocycles. The van der Waals surface area contributed by atoms with Crippen molar-refractivity contribution in [3.05, 3.63) is 35.6 Å². The minimum atomic E-state index is -0.988. The first-order chi connectivity index (χ1) is 9.43. The number of hydrogen-bond acceptors (Lipinski definition) is 4. The average Bonchev–Trinajstić information content (AvgIpc) is 2.37. The van der Waals surface area contributed by atoms with E-state index in [2.05, 4.69) is 5.32 Å². The molecular formula is C14H16FNO4. The summed E-state index contributed by atoms with van der Waals surface area (Å²) in [6.45, 7) is 3.06. The molecule has 1 atom stereocenters. The van der Waals surface area contributed by atoms with E-state index in [9.17, 15) is 18.8 Å². The van der Waals surface area contributed by atoms with Crippen LogP contribution in [0.4, 0.5) is 4.39 Å². The molecular weight excluding hydrogens is 265 g/mol. The van der Waals surface area contributed by atoms with Gasteiger partial charge in [0.25, 0.3) is 0 Å². The van der Waals surface area contributed by atoms with E-state index in [-0.39, 0.29) is 6.61 Å². The lowest BCUT2D eigenvalue weighted by Crippen LogP contribution is -2.33. The third-order valence-corrected chi connectivity index (χ3v) is 2.50. The molecule has 1 rings (SSSR count). The first-order valence-corrected chi connectivity index (χ1v) is 6.15. The van der Waals surface area contributed by atoms with Crippen LogP contribution >= 0.6 is 0 Å². The zero-order valence-corrected chi connectivity index (χ0v) is 11.3. The molecule has 108 valence electrons. The summed E-state index contributed by atoms with van der Waals surface area (Å²) in [7, 11) is 0. The van der Waals surface area contributed by atoms with Crippen molar-refractivity contribution in [3.63, 3.8) is 0 Å². The zero-order valence-electron chi connectivity index (χ0n) is 11.3. The minimum absolute atomic E-state index is 0.174. The monoisotopic (exact) mass is 281 g/mol. The molecule has 0 saturated heterocycles. The second kappa shape index (κ2) is 7.37. The lowest BCUT2D eigenvalue weighted by atomic mass is 10.0. The Hall–Kier alpha value is -2.24. The SMILES string of the molecule is CCOC(=O)CC(=O)C(NC(C)=O)c1ccc(F)cc1. The number of nitrogens with one attached hydrogen (secondary N) is 1. The molecule has 0 aliphatic carbocycles. The van der Waals surface area contributed by atoms with Gasteiger partial charge < -0.3 is 10.1 Å². The summed E-state index contributed by atoms with van der Waals surface area (Å²) in [5.74, 6) is -2.04. The fraction of sp³-hybridized carbons (Fsp3) is 0.357. The third-order valence-electron chi connectivity index (χ3n) is 2.50. The minimum Gasteiger partial charge on any atom is -0.466 e. The average molecular weight is 281 g/mol. The van der Waals surface area contributed by atoms with Crippen LogP contribution in [0.25, 0.3) is 0 Å². The van der Waals surface area contributed by atoms with Gasteiger partial charge in [-0.3, -0.25) is 14.4 Å². The fourth-order valence-electron chi connectivity index (χ4n) is 1.66. The van der Waals surface area contributed by atoms with E-state index < -0.39 is 35.9 Å². The van der Waals surface area contributed by atoms with E-state index in [1.807, 2.05) is 0 Å². The Labute approximate surface area is 116 Å². The molecule has 1 aromatic rings. The highest BCUT2D eigenvalue weighted by molar-refractivity contribution is 6.00. The number of rotatable bonds is 6. The van der Waals surface area contributed by atoms with Crippen molar-refractivity contribution in [1.82, 2.24) is 5.32 Å². The normalized spacial score (nSPS) is 11.6. The van der Waals surface area contributed by atoms with Crippen molar-refractivity contribution in [2.45, 2.75) is 26.3 Å². The topological polar surface area (TPSA) is 72.5 Å². The van der Waals surface area contributed by atoms with E-state index in [4.69, 9.17) is 4.74 Å². The van der Waals surface area contributed by atoms with Gasteiger partial charge in [0, 0.05) is 6.92 Å². The molecule has 0 spiro atoms. The zero-order chi connectivity index (χ0) is 15.1. The molecule has 0 fully saturated rings. The van der Waals surface area contributed by atoms with Crippen molar-refractivity contribution in [2.24, 2.45) is 0 Å². The third kappa shape index (κ3) is 4.79. The Bertz CT molecular complexity index is 498. The molecule has 6 heteroatoms. The molecule has 5 nitrogen and oxygen atoms in total. The maximum Gasteiger partial charge on any atom is 0.313 e. The van der Waals surface area contributed by atoms with E-state index in [1.165, 1.54) is 31.2 Å². The molecule has 1 unspecified atom stereocenters. The Balaban J connectivity index is 2.88. The number of halogens is 1. The molecule has 20 heavy (non-hydrogen) atoms. The summed E-state index contributed by atoms with van der Waals surface area (Å²) in [4.78, 5) is 34.5. The highest BCUT2D eigenvalue weighted by Gasteiger charge is 2.24. The highest BCUT2D eigenvalue weighted by Crippen LogP contribution is 2.16. The number of ether oxygens (including phenoxy) is 1. The number of Topliss-reactive ketones (excluding diaryl/α,β-unsaturated/α-hetero) is 1. The van der Waals surface area contributed by atoms with Gasteiger partial charge in [0.15, 0.2) is 5.78 Å². The summed E-state index contributed by atoms with van der Waals surface area (Å²) >= 11 is 0. The highest BCUT2D eigenvalue weighted by atomic mass is 19.1. The van der Waals surface area contributed by atoms with Crippen LogP contribution in [0.5, 0.6) is 0 Å². The Kier molecular flexibility index (Phi) is 5.83. The number of hydrogen-bond donors (Lipinski definition) is 1. The summed E-state index contributed by atoms with van der Waals surface area (Å²) in [5.41, 5.74) is 0.413. The van der Waals surface area contributed by atoms with E-state index in [1.54, 1.807) is 6.92 Å². The van der Waals surface area contributed by atoms with Gasteiger partial charge in [-0.25, -0.2) is 4.39 Å². The van der Waals surface area contributed by atoms with Gasteiger partial charge in [-0.15, -0.1) is 0 Å². The predicted octanol–water partition coefficient (Wildman–Crippen LogP) is 1.53. The Morgan fingerprint density at radius 3 is 2.35 bits per heavy atom. The van der Waals surface area contributed by atoms with Crippen molar-refractivity contribution >= 4 is 17.7 Å². The fourth-order valence-corrected chi connectivity index (χ4v) is 1.66. The Morgan fingerprint density at radius 2 is 1.85 bits per heavy atom. The lowest BCUT2D eigenvalue weighted by molar-refractivity contribution is -0.146. The quantitative estimate of drug-likeness (QED) is 0.634. The van der Waals surface area contributed by atoms with Crippen molar-refractivity contribution in [1.29, 1.82) is 0 Å². The number of amides is 1. The molecule has 0 heterocycles.